The number of aromatic nitrogens is 3. The lowest BCUT2D eigenvalue weighted by Crippen LogP contribution is -2.07. The first-order valence-electron chi connectivity index (χ1n) is 6.37. The number of pyridine rings is 1. The largest absolute Gasteiger partial charge is 0.378 e. The number of benzene rings is 1. The van der Waals surface area contributed by atoms with Gasteiger partial charge >= 0.3 is 0 Å². The zero-order valence-corrected chi connectivity index (χ0v) is 11.0. The maximum Gasteiger partial charge on any atom is 0.176 e. The van der Waals surface area contributed by atoms with Crippen molar-refractivity contribution in [1.29, 1.82) is 0 Å². The molecule has 0 aliphatic carbocycles. The topological polar surface area (TPSA) is 42.7 Å². The van der Waals surface area contributed by atoms with Gasteiger partial charge in [0.2, 0.25) is 0 Å². The van der Waals surface area contributed by atoms with Gasteiger partial charge in [-0.15, -0.1) is 0 Å². The van der Waals surface area contributed by atoms with Crippen molar-refractivity contribution in [3.8, 4) is 5.82 Å². The van der Waals surface area contributed by atoms with Crippen LogP contribution >= 0.6 is 0 Å². The molecule has 0 atom stereocenters. The lowest BCUT2D eigenvalue weighted by Gasteiger charge is -2.11. The number of hydrogen-bond acceptors (Lipinski definition) is 3. The van der Waals surface area contributed by atoms with Crippen molar-refractivity contribution in [2.45, 2.75) is 6.54 Å². The zero-order chi connectivity index (χ0) is 14.7. The minimum Gasteiger partial charge on any atom is -0.378 e. The third-order valence-electron chi connectivity index (χ3n) is 2.99. The van der Waals surface area contributed by atoms with Crippen molar-refractivity contribution in [3.05, 3.63) is 72.2 Å². The minimum absolute atomic E-state index is 0.228. The van der Waals surface area contributed by atoms with E-state index in [-0.39, 0.29) is 6.54 Å². The number of halogens is 2. The van der Waals surface area contributed by atoms with Crippen molar-refractivity contribution >= 4 is 5.69 Å². The third kappa shape index (κ3) is 2.89. The SMILES string of the molecule is Fc1ccc(CNc2cccnc2-n2cccn2)c(F)c1. The lowest BCUT2D eigenvalue weighted by molar-refractivity contribution is 0.574. The average Bonchev–Trinajstić information content (AvgIpc) is 3.01. The summed E-state index contributed by atoms with van der Waals surface area (Å²) in [5.41, 5.74) is 1.09. The van der Waals surface area contributed by atoms with Crippen LogP contribution in [0.3, 0.4) is 0 Å². The highest BCUT2D eigenvalue weighted by Gasteiger charge is 2.08. The summed E-state index contributed by atoms with van der Waals surface area (Å²) in [7, 11) is 0. The molecule has 1 N–H and O–H groups in total. The number of nitrogens with zero attached hydrogens (tertiary/aromatic N) is 3. The van der Waals surface area contributed by atoms with Crippen molar-refractivity contribution < 1.29 is 8.78 Å². The molecule has 4 nitrogen and oxygen atoms in total. The smallest absolute Gasteiger partial charge is 0.176 e. The first-order valence-corrected chi connectivity index (χ1v) is 6.37. The Bertz CT molecular complexity index is 741. The maximum absolute atomic E-state index is 13.6. The zero-order valence-electron chi connectivity index (χ0n) is 11.0. The molecule has 0 amide bonds. The van der Waals surface area contributed by atoms with Crippen LogP contribution in [0.4, 0.5) is 14.5 Å². The molecule has 0 aliphatic rings. The molecule has 106 valence electrons. The average molecular weight is 286 g/mol. The molecule has 2 heterocycles. The Hall–Kier alpha value is -2.76. The second kappa shape index (κ2) is 5.70. The van der Waals surface area contributed by atoms with Crippen molar-refractivity contribution in [3.63, 3.8) is 0 Å². The standard InChI is InChI=1S/C15H12F2N4/c16-12-5-4-11(13(17)9-12)10-19-14-3-1-6-18-15(14)21-8-2-7-20-21/h1-9,19H,10H2. The van der Waals surface area contributed by atoms with Gasteiger partial charge in [-0.25, -0.2) is 18.4 Å². The maximum atomic E-state index is 13.6. The van der Waals surface area contributed by atoms with E-state index in [1.807, 2.05) is 6.07 Å². The summed E-state index contributed by atoms with van der Waals surface area (Å²) >= 11 is 0. The fourth-order valence-electron chi connectivity index (χ4n) is 1.97. The quantitative estimate of drug-likeness (QED) is 0.801. The van der Waals surface area contributed by atoms with E-state index in [0.717, 1.165) is 6.07 Å². The van der Waals surface area contributed by atoms with Crippen LogP contribution < -0.4 is 5.32 Å². The summed E-state index contributed by atoms with van der Waals surface area (Å²) in [6, 6.07) is 8.91. The van der Waals surface area contributed by atoms with E-state index in [4.69, 9.17) is 0 Å². The normalized spacial score (nSPS) is 10.6. The van der Waals surface area contributed by atoms with Gasteiger partial charge < -0.3 is 5.32 Å². The van der Waals surface area contributed by atoms with Crippen LogP contribution in [0.25, 0.3) is 5.82 Å². The molecular formula is C15H12F2N4. The predicted molar refractivity (Wildman–Crippen MR) is 75.0 cm³/mol. The van der Waals surface area contributed by atoms with Crippen LogP contribution in [0.15, 0.2) is 55.0 Å². The Morgan fingerprint density at radius 3 is 2.76 bits per heavy atom. The van der Waals surface area contributed by atoms with E-state index in [1.54, 1.807) is 35.4 Å². The Morgan fingerprint density at radius 1 is 1.10 bits per heavy atom. The molecule has 6 heteroatoms. The van der Waals surface area contributed by atoms with Gasteiger partial charge in [-0.1, -0.05) is 6.07 Å². The van der Waals surface area contributed by atoms with Crippen LogP contribution in [-0.4, -0.2) is 14.8 Å². The van der Waals surface area contributed by atoms with E-state index in [9.17, 15) is 8.78 Å². The summed E-state index contributed by atoms with van der Waals surface area (Å²) in [5, 5.41) is 7.21. The van der Waals surface area contributed by atoms with Crippen LogP contribution in [-0.2, 0) is 6.54 Å². The van der Waals surface area contributed by atoms with Crippen molar-refractivity contribution in [1.82, 2.24) is 14.8 Å². The summed E-state index contributed by atoms with van der Waals surface area (Å²) in [6.45, 7) is 0.228. The van der Waals surface area contributed by atoms with E-state index in [2.05, 4.69) is 15.4 Å². The molecule has 0 unspecified atom stereocenters. The molecule has 0 spiro atoms. The number of nitrogens with one attached hydrogen (secondary N) is 1. The molecule has 21 heavy (non-hydrogen) atoms. The Balaban J connectivity index is 1.83. The molecule has 3 aromatic rings. The lowest BCUT2D eigenvalue weighted by atomic mass is 10.2. The number of anilines is 1. The molecule has 0 saturated carbocycles. The molecule has 0 bridgehead atoms. The van der Waals surface area contributed by atoms with E-state index in [1.165, 1.54) is 12.1 Å². The van der Waals surface area contributed by atoms with Crippen LogP contribution in [0.2, 0.25) is 0 Å². The third-order valence-corrected chi connectivity index (χ3v) is 2.99. The molecule has 1 aromatic carbocycles. The van der Waals surface area contributed by atoms with E-state index < -0.39 is 11.6 Å². The molecule has 3 rings (SSSR count). The minimum atomic E-state index is -0.588. The predicted octanol–water partition coefficient (Wildman–Crippen LogP) is 3.16. The van der Waals surface area contributed by atoms with Gasteiger partial charge in [0.05, 0.1) is 5.69 Å². The van der Waals surface area contributed by atoms with E-state index >= 15 is 0 Å². The fourth-order valence-corrected chi connectivity index (χ4v) is 1.97. The summed E-state index contributed by atoms with van der Waals surface area (Å²) in [6.07, 6.45) is 5.07. The summed E-state index contributed by atoms with van der Waals surface area (Å²) in [4.78, 5) is 4.25. The molecular weight excluding hydrogens is 274 g/mol. The highest BCUT2D eigenvalue weighted by molar-refractivity contribution is 5.56. The van der Waals surface area contributed by atoms with Crippen LogP contribution in [0, 0.1) is 11.6 Å². The molecule has 0 saturated heterocycles. The van der Waals surface area contributed by atoms with Crippen LogP contribution in [0.5, 0.6) is 0 Å². The Morgan fingerprint density at radius 2 is 2.00 bits per heavy atom. The van der Waals surface area contributed by atoms with Gasteiger partial charge in [0.25, 0.3) is 0 Å². The molecule has 0 fully saturated rings. The molecule has 0 aliphatic heterocycles. The van der Waals surface area contributed by atoms with Crippen LogP contribution in [0.1, 0.15) is 5.56 Å². The molecule has 0 radical (unpaired) electrons. The summed E-state index contributed by atoms with van der Waals surface area (Å²) < 4.78 is 28.1. The second-order valence-electron chi connectivity index (χ2n) is 4.41. The van der Waals surface area contributed by atoms with Gasteiger partial charge in [0.15, 0.2) is 5.82 Å². The van der Waals surface area contributed by atoms with Crippen molar-refractivity contribution in [2.75, 3.05) is 5.32 Å². The highest BCUT2D eigenvalue weighted by Crippen LogP contribution is 2.18. The van der Waals surface area contributed by atoms with Crippen molar-refractivity contribution in [2.24, 2.45) is 0 Å². The number of hydrogen-bond donors (Lipinski definition) is 1. The van der Waals surface area contributed by atoms with Gasteiger partial charge in [0, 0.05) is 36.8 Å². The summed E-state index contributed by atoms with van der Waals surface area (Å²) in [5.74, 6) is -0.549. The molecule has 2 aromatic heterocycles. The van der Waals surface area contributed by atoms with Gasteiger partial charge in [0.1, 0.15) is 11.6 Å². The van der Waals surface area contributed by atoms with Gasteiger partial charge in [-0.05, 0) is 24.3 Å². The Kier molecular flexibility index (Phi) is 3.59. The first kappa shape index (κ1) is 13.2. The van der Waals surface area contributed by atoms with Gasteiger partial charge in [-0.3, -0.25) is 0 Å². The monoisotopic (exact) mass is 286 g/mol. The first-order chi connectivity index (χ1) is 10.2. The highest BCUT2D eigenvalue weighted by atomic mass is 19.1. The van der Waals surface area contributed by atoms with Gasteiger partial charge in [-0.2, -0.15) is 5.10 Å². The fraction of sp³-hybridized carbons (Fsp3) is 0.0667. The Labute approximate surface area is 120 Å². The number of rotatable bonds is 4. The second-order valence-corrected chi connectivity index (χ2v) is 4.41. The van der Waals surface area contributed by atoms with E-state index in [0.29, 0.717) is 17.1 Å².